The number of fused-ring (bicyclic) bond motifs is 1. The van der Waals surface area contributed by atoms with Gasteiger partial charge in [-0.3, -0.25) is 15.0 Å². The maximum Gasteiger partial charge on any atom is 0.321 e. The van der Waals surface area contributed by atoms with Crippen molar-refractivity contribution in [3.63, 3.8) is 0 Å². The summed E-state index contributed by atoms with van der Waals surface area (Å²) in [5.74, 6) is -0.138. The van der Waals surface area contributed by atoms with Crippen molar-refractivity contribution in [1.82, 2.24) is 20.5 Å². The van der Waals surface area contributed by atoms with Crippen molar-refractivity contribution in [2.75, 3.05) is 13.1 Å². The molecule has 4 rings (SSSR count). The number of amides is 3. The molecule has 1 saturated heterocycles. The van der Waals surface area contributed by atoms with Crippen LogP contribution in [0.5, 0.6) is 5.75 Å². The number of hydrogen-bond donors (Lipinski definition) is 4. The number of aromatic amines is 1. The number of carbonyl (C=O) groups excluding carboxylic acids is 2. The predicted octanol–water partition coefficient (Wildman–Crippen LogP) is 2.98. The molecule has 4 N–H and O–H groups in total. The normalized spacial score (nSPS) is 15.3. The molecule has 3 amide bonds. The van der Waals surface area contributed by atoms with Crippen molar-refractivity contribution in [3.8, 4) is 5.75 Å². The van der Waals surface area contributed by atoms with Crippen LogP contribution in [0.2, 0.25) is 0 Å². The monoisotopic (exact) mass is 392 g/mol. The Labute approximate surface area is 168 Å². The molecule has 0 saturated carbocycles. The van der Waals surface area contributed by atoms with E-state index in [0.29, 0.717) is 5.56 Å². The smallest absolute Gasteiger partial charge is 0.321 e. The van der Waals surface area contributed by atoms with E-state index in [-0.39, 0.29) is 11.8 Å². The summed E-state index contributed by atoms with van der Waals surface area (Å²) in [6, 6.07) is 13.6. The maximum absolute atomic E-state index is 12.1. The number of likely N-dealkylation sites (tertiary alicyclic amines) is 1. The summed E-state index contributed by atoms with van der Waals surface area (Å²) >= 11 is 0. The van der Waals surface area contributed by atoms with E-state index in [1.807, 2.05) is 18.3 Å². The number of imide groups is 1. The molecule has 0 unspecified atom stereocenters. The van der Waals surface area contributed by atoms with E-state index in [9.17, 15) is 14.7 Å². The number of nitrogens with one attached hydrogen (secondary N) is 3. The minimum Gasteiger partial charge on any atom is -0.508 e. The Kier molecular flexibility index (Phi) is 5.48. The first-order valence-electron chi connectivity index (χ1n) is 9.77. The van der Waals surface area contributed by atoms with Gasteiger partial charge >= 0.3 is 6.03 Å². The summed E-state index contributed by atoms with van der Waals surface area (Å²) in [6.07, 6.45) is 3.62. The van der Waals surface area contributed by atoms with Crippen LogP contribution in [0.15, 0.2) is 54.7 Å². The first-order valence-corrected chi connectivity index (χ1v) is 9.77. The van der Waals surface area contributed by atoms with Crippen LogP contribution in [0.4, 0.5) is 4.79 Å². The average molecular weight is 392 g/mol. The third-order valence-electron chi connectivity index (χ3n) is 5.33. The lowest BCUT2D eigenvalue weighted by atomic mass is 10.0. The third-order valence-corrected chi connectivity index (χ3v) is 5.33. The maximum atomic E-state index is 12.1. The van der Waals surface area contributed by atoms with Gasteiger partial charge in [-0.1, -0.05) is 18.2 Å². The number of urea groups is 1. The van der Waals surface area contributed by atoms with Crippen molar-refractivity contribution in [2.45, 2.75) is 25.4 Å². The molecule has 2 heterocycles. The molecule has 7 nitrogen and oxygen atoms in total. The molecule has 7 heteroatoms. The fraction of sp³-hybridized carbons (Fsp3) is 0.273. The van der Waals surface area contributed by atoms with Crippen LogP contribution in [-0.4, -0.2) is 46.1 Å². The van der Waals surface area contributed by atoms with Crippen molar-refractivity contribution in [3.05, 3.63) is 65.9 Å². The number of phenolic OH excluding ortho intramolecular Hbond substituents is 1. The van der Waals surface area contributed by atoms with Gasteiger partial charge in [0.1, 0.15) is 5.75 Å². The van der Waals surface area contributed by atoms with Crippen molar-refractivity contribution in [1.29, 1.82) is 0 Å². The predicted molar refractivity (Wildman–Crippen MR) is 111 cm³/mol. The van der Waals surface area contributed by atoms with Crippen LogP contribution in [0.25, 0.3) is 10.9 Å². The molecule has 1 aliphatic rings. The Hall–Kier alpha value is -3.32. The summed E-state index contributed by atoms with van der Waals surface area (Å²) in [5, 5.41) is 16.1. The number of aromatic nitrogens is 1. The molecule has 3 aromatic rings. The van der Waals surface area contributed by atoms with Gasteiger partial charge in [-0.2, -0.15) is 0 Å². The quantitative estimate of drug-likeness (QED) is 0.549. The second-order valence-corrected chi connectivity index (χ2v) is 7.39. The molecule has 0 radical (unpaired) electrons. The molecule has 2 aromatic carbocycles. The number of phenols is 1. The van der Waals surface area contributed by atoms with Gasteiger partial charge in [0.15, 0.2) is 0 Å². The molecule has 0 bridgehead atoms. The molecule has 1 aromatic heterocycles. The average Bonchev–Trinajstić information content (AvgIpc) is 3.12. The number of rotatable bonds is 4. The summed E-state index contributed by atoms with van der Waals surface area (Å²) in [4.78, 5) is 29.8. The van der Waals surface area contributed by atoms with Crippen molar-refractivity contribution < 1.29 is 14.7 Å². The van der Waals surface area contributed by atoms with Gasteiger partial charge < -0.3 is 15.4 Å². The van der Waals surface area contributed by atoms with Crippen LogP contribution >= 0.6 is 0 Å². The van der Waals surface area contributed by atoms with Crippen LogP contribution in [-0.2, 0) is 6.54 Å². The number of nitrogens with zero attached hydrogens (tertiary/aromatic N) is 1. The van der Waals surface area contributed by atoms with Gasteiger partial charge in [0, 0.05) is 48.3 Å². The summed E-state index contributed by atoms with van der Waals surface area (Å²) < 4.78 is 0. The SMILES string of the molecule is O=C(NC(=O)c1ccccc1)NC1CCN(Cc2c[nH]c3ccc(O)cc23)CC1. The minimum atomic E-state index is -0.454. The van der Waals surface area contributed by atoms with E-state index in [1.54, 1.807) is 36.4 Å². The number of piperidine rings is 1. The zero-order valence-electron chi connectivity index (χ0n) is 16.0. The Morgan fingerprint density at radius 2 is 1.86 bits per heavy atom. The Morgan fingerprint density at radius 1 is 1.10 bits per heavy atom. The molecule has 0 spiro atoms. The van der Waals surface area contributed by atoms with E-state index in [2.05, 4.69) is 20.5 Å². The number of hydrogen-bond acceptors (Lipinski definition) is 4. The van der Waals surface area contributed by atoms with Gasteiger partial charge in [-0.05, 0) is 48.7 Å². The molecule has 0 atom stereocenters. The number of carbonyl (C=O) groups is 2. The van der Waals surface area contributed by atoms with Crippen molar-refractivity contribution >= 4 is 22.8 Å². The van der Waals surface area contributed by atoms with Gasteiger partial charge in [0.2, 0.25) is 0 Å². The Bertz CT molecular complexity index is 1010. The van der Waals surface area contributed by atoms with E-state index in [0.717, 1.165) is 48.9 Å². The largest absolute Gasteiger partial charge is 0.508 e. The number of H-pyrrole nitrogens is 1. The summed E-state index contributed by atoms with van der Waals surface area (Å²) in [5.41, 5.74) is 2.62. The van der Waals surface area contributed by atoms with Gasteiger partial charge in [-0.25, -0.2) is 4.79 Å². The number of benzene rings is 2. The highest BCUT2D eigenvalue weighted by molar-refractivity contribution is 6.04. The first-order chi connectivity index (χ1) is 14.1. The molecule has 150 valence electrons. The Balaban J connectivity index is 1.26. The lowest BCUT2D eigenvalue weighted by Crippen LogP contribution is -2.49. The fourth-order valence-corrected chi connectivity index (χ4v) is 3.76. The number of aromatic hydroxyl groups is 1. The van der Waals surface area contributed by atoms with E-state index < -0.39 is 11.9 Å². The van der Waals surface area contributed by atoms with Gasteiger partial charge in [0.05, 0.1) is 0 Å². The topological polar surface area (TPSA) is 97.5 Å². The molecular formula is C22H24N4O3. The van der Waals surface area contributed by atoms with Crippen LogP contribution in [0.3, 0.4) is 0 Å². The minimum absolute atomic E-state index is 0.0434. The highest BCUT2D eigenvalue weighted by Crippen LogP contribution is 2.25. The third kappa shape index (κ3) is 4.57. The molecule has 29 heavy (non-hydrogen) atoms. The molecule has 1 aliphatic heterocycles. The second-order valence-electron chi connectivity index (χ2n) is 7.39. The van der Waals surface area contributed by atoms with Gasteiger partial charge in [0.25, 0.3) is 5.91 Å². The zero-order chi connectivity index (χ0) is 20.2. The first kappa shape index (κ1) is 19.0. The summed E-state index contributed by atoms with van der Waals surface area (Å²) in [7, 11) is 0. The van der Waals surface area contributed by atoms with E-state index in [1.165, 1.54) is 0 Å². The van der Waals surface area contributed by atoms with E-state index >= 15 is 0 Å². The highest BCUT2D eigenvalue weighted by atomic mass is 16.3. The van der Waals surface area contributed by atoms with Crippen molar-refractivity contribution in [2.24, 2.45) is 0 Å². The molecule has 0 aliphatic carbocycles. The standard InChI is InChI=1S/C22H24N4O3/c27-18-6-7-20-19(12-18)16(13-23-20)14-26-10-8-17(9-11-26)24-22(29)25-21(28)15-4-2-1-3-5-15/h1-7,12-13,17,23,27H,8-11,14H2,(H2,24,25,28,29). The van der Waals surface area contributed by atoms with Gasteiger partial charge in [-0.15, -0.1) is 0 Å². The van der Waals surface area contributed by atoms with Crippen LogP contribution in [0, 0.1) is 0 Å². The highest BCUT2D eigenvalue weighted by Gasteiger charge is 2.22. The zero-order valence-corrected chi connectivity index (χ0v) is 16.0. The lowest BCUT2D eigenvalue weighted by molar-refractivity contribution is 0.0962. The van der Waals surface area contributed by atoms with Crippen LogP contribution in [0.1, 0.15) is 28.8 Å². The fourth-order valence-electron chi connectivity index (χ4n) is 3.76. The van der Waals surface area contributed by atoms with E-state index in [4.69, 9.17) is 0 Å². The lowest BCUT2D eigenvalue weighted by Gasteiger charge is -2.32. The molecular weight excluding hydrogens is 368 g/mol. The summed E-state index contributed by atoms with van der Waals surface area (Å²) in [6.45, 7) is 2.49. The molecule has 1 fully saturated rings. The van der Waals surface area contributed by atoms with Crippen LogP contribution < -0.4 is 10.6 Å². The second kappa shape index (κ2) is 8.36. The Morgan fingerprint density at radius 3 is 2.62 bits per heavy atom.